The first-order valence-electron chi connectivity index (χ1n) is 6.75. The van der Waals surface area contributed by atoms with Gasteiger partial charge in [0.2, 0.25) is 0 Å². The maximum absolute atomic E-state index is 10.8. The van der Waals surface area contributed by atoms with Crippen molar-refractivity contribution in [1.82, 2.24) is 0 Å². The van der Waals surface area contributed by atoms with Crippen molar-refractivity contribution in [2.45, 2.75) is 18.7 Å². The van der Waals surface area contributed by atoms with Crippen LogP contribution in [0, 0.1) is 13.8 Å². The number of benzene rings is 1. The number of ether oxygens (including phenoxy) is 2. The highest BCUT2D eigenvalue weighted by Crippen LogP contribution is 2.17. The van der Waals surface area contributed by atoms with Gasteiger partial charge in [-0.2, -0.15) is 8.42 Å². The number of rotatable bonds is 8. The third-order valence-electron chi connectivity index (χ3n) is 2.68. The zero-order valence-electron chi connectivity index (χ0n) is 12.9. The molecule has 0 aliphatic heterocycles. The van der Waals surface area contributed by atoms with Gasteiger partial charge >= 0.3 is 0 Å². The minimum absolute atomic E-state index is 0.0116. The summed E-state index contributed by atoms with van der Waals surface area (Å²) < 4.78 is 40.0. The van der Waals surface area contributed by atoms with Crippen LogP contribution in [0.25, 0.3) is 0 Å². The van der Waals surface area contributed by atoms with Crippen LogP contribution in [0.5, 0.6) is 0 Å². The first-order valence-corrected chi connectivity index (χ1v) is 8.19. The van der Waals surface area contributed by atoms with E-state index >= 15 is 0 Å². The van der Waals surface area contributed by atoms with Crippen molar-refractivity contribution >= 4 is 10.1 Å². The summed E-state index contributed by atoms with van der Waals surface area (Å²) in [5.74, 6) is 0. The van der Waals surface area contributed by atoms with E-state index in [-0.39, 0.29) is 18.1 Å². The van der Waals surface area contributed by atoms with Gasteiger partial charge in [-0.15, -0.1) is 0 Å². The minimum Gasteiger partial charge on any atom is -0.394 e. The van der Waals surface area contributed by atoms with Crippen LogP contribution in [0.1, 0.15) is 11.1 Å². The summed E-state index contributed by atoms with van der Waals surface area (Å²) in [5.41, 5.74) is 1.45. The second-order valence-corrected chi connectivity index (χ2v) is 5.74. The fourth-order valence-electron chi connectivity index (χ4n) is 1.45. The van der Waals surface area contributed by atoms with Gasteiger partial charge in [-0.1, -0.05) is 12.1 Å². The van der Waals surface area contributed by atoms with Crippen molar-refractivity contribution in [3.8, 4) is 0 Å². The normalized spacial score (nSPS) is 11.0. The molecule has 3 N–H and O–H groups in total. The fraction of sp³-hybridized carbons (Fsp3) is 0.571. The molecule has 7 nitrogen and oxygen atoms in total. The van der Waals surface area contributed by atoms with Crippen LogP contribution in [0.15, 0.2) is 23.1 Å². The third-order valence-corrected chi connectivity index (χ3v) is 3.67. The van der Waals surface area contributed by atoms with Crippen molar-refractivity contribution < 1.29 is 32.7 Å². The molecule has 1 aromatic carbocycles. The average molecular weight is 336 g/mol. The first kappa shape index (κ1) is 21.0. The second-order valence-electron chi connectivity index (χ2n) is 4.35. The molecule has 0 unspecified atom stereocenters. The first-order chi connectivity index (χ1) is 10.3. The van der Waals surface area contributed by atoms with Gasteiger partial charge in [-0.05, 0) is 31.0 Å². The van der Waals surface area contributed by atoms with Crippen molar-refractivity contribution in [3.05, 3.63) is 29.3 Å². The van der Waals surface area contributed by atoms with Crippen LogP contribution in [0.3, 0.4) is 0 Å². The zero-order chi connectivity index (χ0) is 17.0. The maximum Gasteiger partial charge on any atom is 0.294 e. The van der Waals surface area contributed by atoms with E-state index in [2.05, 4.69) is 0 Å². The molecule has 0 saturated carbocycles. The molecule has 0 heterocycles. The molecular weight excluding hydrogens is 312 g/mol. The monoisotopic (exact) mass is 336 g/mol. The molecule has 0 aliphatic carbocycles. The Hall–Kier alpha value is -1.03. The van der Waals surface area contributed by atoms with Gasteiger partial charge in [-0.3, -0.25) is 4.55 Å². The Morgan fingerprint density at radius 1 is 0.955 bits per heavy atom. The summed E-state index contributed by atoms with van der Waals surface area (Å²) >= 11 is 0. The lowest BCUT2D eigenvalue weighted by atomic mass is 10.1. The fourth-order valence-corrected chi connectivity index (χ4v) is 2.25. The Balaban J connectivity index is 0.000000409. The van der Waals surface area contributed by atoms with E-state index in [1.54, 1.807) is 26.0 Å². The molecular formula is C14H24O7S. The van der Waals surface area contributed by atoms with Crippen LogP contribution in [0.4, 0.5) is 0 Å². The Morgan fingerprint density at radius 3 is 1.82 bits per heavy atom. The molecule has 0 fully saturated rings. The summed E-state index contributed by atoms with van der Waals surface area (Å²) in [6.07, 6.45) is 0. The van der Waals surface area contributed by atoms with Crippen LogP contribution in [-0.2, 0) is 19.6 Å². The van der Waals surface area contributed by atoms with Crippen molar-refractivity contribution in [1.29, 1.82) is 0 Å². The van der Waals surface area contributed by atoms with Crippen LogP contribution in [0.2, 0.25) is 0 Å². The maximum atomic E-state index is 10.8. The van der Waals surface area contributed by atoms with E-state index in [9.17, 15) is 8.42 Å². The second kappa shape index (κ2) is 11.5. The highest BCUT2D eigenvalue weighted by Gasteiger charge is 2.12. The third kappa shape index (κ3) is 9.08. The van der Waals surface area contributed by atoms with E-state index in [0.717, 1.165) is 5.56 Å². The summed E-state index contributed by atoms with van der Waals surface area (Å²) in [7, 11) is -4.06. The summed E-state index contributed by atoms with van der Waals surface area (Å²) in [6.45, 7) is 5.19. The quantitative estimate of drug-likeness (QED) is 0.469. The molecule has 0 aliphatic rings. The molecule has 128 valence electrons. The van der Waals surface area contributed by atoms with Crippen molar-refractivity contribution in [3.63, 3.8) is 0 Å². The Morgan fingerprint density at radius 2 is 1.45 bits per heavy atom. The molecule has 0 saturated heterocycles. The highest BCUT2D eigenvalue weighted by atomic mass is 32.2. The van der Waals surface area contributed by atoms with Crippen LogP contribution >= 0.6 is 0 Å². The smallest absolute Gasteiger partial charge is 0.294 e. The Labute approximate surface area is 131 Å². The van der Waals surface area contributed by atoms with Gasteiger partial charge in [0.05, 0.1) is 44.5 Å². The Bertz CT molecular complexity index is 506. The molecule has 8 heteroatoms. The molecule has 0 spiro atoms. The average Bonchev–Trinajstić information content (AvgIpc) is 2.45. The number of hydrogen-bond acceptors (Lipinski definition) is 6. The van der Waals surface area contributed by atoms with Gasteiger partial charge in [-0.25, -0.2) is 0 Å². The number of aryl methyl sites for hydroxylation is 1. The lowest BCUT2D eigenvalue weighted by Gasteiger charge is -2.03. The lowest BCUT2D eigenvalue weighted by Crippen LogP contribution is -2.09. The zero-order valence-corrected chi connectivity index (χ0v) is 13.7. The molecule has 0 bridgehead atoms. The van der Waals surface area contributed by atoms with Crippen LogP contribution in [-0.4, -0.2) is 62.8 Å². The molecule has 0 radical (unpaired) electrons. The summed E-state index contributed by atoms with van der Waals surface area (Å²) in [5, 5.41) is 16.5. The molecule has 1 aromatic rings. The predicted molar refractivity (Wildman–Crippen MR) is 81.5 cm³/mol. The number of aliphatic hydroxyl groups is 2. The molecule has 0 amide bonds. The number of hydrogen-bond donors (Lipinski definition) is 3. The van der Waals surface area contributed by atoms with Gasteiger partial charge in [0, 0.05) is 0 Å². The topological polar surface area (TPSA) is 113 Å². The summed E-state index contributed by atoms with van der Waals surface area (Å²) in [6, 6.07) is 4.78. The van der Waals surface area contributed by atoms with E-state index < -0.39 is 10.1 Å². The highest BCUT2D eigenvalue weighted by molar-refractivity contribution is 7.85. The molecule has 0 aromatic heterocycles. The van der Waals surface area contributed by atoms with Gasteiger partial charge in [0.15, 0.2) is 0 Å². The molecule has 22 heavy (non-hydrogen) atoms. The van der Waals surface area contributed by atoms with E-state index in [1.807, 2.05) is 0 Å². The number of aliphatic hydroxyl groups excluding tert-OH is 2. The van der Waals surface area contributed by atoms with Crippen molar-refractivity contribution in [2.24, 2.45) is 0 Å². The molecule has 0 atom stereocenters. The summed E-state index contributed by atoms with van der Waals surface area (Å²) in [4.78, 5) is -0.0116. The standard InChI is InChI=1S/C8H10O3S.C6H14O4/c1-6-4-3-5-8(7(6)2)12(9,10)11;7-1-3-9-5-6-10-4-2-8/h3-5H,1-2H3,(H,9,10,11);7-8H,1-6H2. The lowest BCUT2D eigenvalue weighted by molar-refractivity contribution is 0.0222. The predicted octanol–water partition coefficient (Wildman–Crippen LogP) is 0.554. The minimum atomic E-state index is -4.06. The van der Waals surface area contributed by atoms with Gasteiger partial charge in [0.1, 0.15) is 0 Å². The van der Waals surface area contributed by atoms with Crippen molar-refractivity contribution in [2.75, 3.05) is 39.6 Å². The van der Waals surface area contributed by atoms with E-state index in [4.69, 9.17) is 24.2 Å². The molecule has 1 rings (SSSR count). The van der Waals surface area contributed by atoms with Gasteiger partial charge in [0.25, 0.3) is 10.1 Å². The van der Waals surface area contributed by atoms with Crippen LogP contribution < -0.4 is 0 Å². The van der Waals surface area contributed by atoms with Gasteiger partial charge < -0.3 is 19.7 Å². The largest absolute Gasteiger partial charge is 0.394 e. The SMILES string of the molecule is Cc1cccc(S(=O)(=O)O)c1C.OCCOCCOCCO. The van der Waals surface area contributed by atoms with E-state index in [0.29, 0.717) is 32.0 Å². The van der Waals surface area contributed by atoms with E-state index in [1.165, 1.54) is 6.07 Å². The Kier molecular flexibility index (Phi) is 11.0.